The van der Waals surface area contributed by atoms with Crippen LogP contribution in [-0.4, -0.2) is 50.4 Å². The normalized spacial score (nSPS) is 17.6. The zero-order valence-corrected chi connectivity index (χ0v) is 16.1. The van der Waals surface area contributed by atoms with Gasteiger partial charge in [0.2, 0.25) is 0 Å². The molecule has 30 heavy (non-hydrogen) atoms. The van der Waals surface area contributed by atoms with E-state index < -0.39 is 12.1 Å². The van der Waals surface area contributed by atoms with E-state index in [2.05, 4.69) is 39.4 Å². The van der Waals surface area contributed by atoms with Crippen molar-refractivity contribution in [2.24, 2.45) is 0 Å². The Hall–Kier alpha value is -3.68. The van der Waals surface area contributed by atoms with E-state index in [0.717, 1.165) is 17.5 Å². The van der Waals surface area contributed by atoms with E-state index >= 15 is 0 Å². The van der Waals surface area contributed by atoms with Gasteiger partial charge in [0.1, 0.15) is 12.4 Å². The fourth-order valence-corrected chi connectivity index (χ4v) is 4.47. The van der Waals surface area contributed by atoms with E-state index in [1.165, 1.54) is 11.1 Å². The molecule has 1 amide bonds. The number of likely N-dealkylation sites (tertiary alicyclic amines) is 1. The number of hydrogen-bond donors (Lipinski definition) is 2. The molecule has 0 radical (unpaired) electrons. The second-order valence-electron chi connectivity index (χ2n) is 7.50. The van der Waals surface area contributed by atoms with E-state index in [1.807, 2.05) is 24.3 Å². The first-order valence-corrected chi connectivity index (χ1v) is 9.90. The third-order valence-electron chi connectivity index (χ3n) is 5.83. The van der Waals surface area contributed by atoms with Crippen LogP contribution in [0.4, 0.5) is 4.79 Å². The standard InChI is InChI=1S/C22H20N4O4/c27-21(28)20-23-19(24-25-20)18-10-5-11-26(18)22(29)30-12-17-15-8-3-1-6-13(15)14-7-2-4-9-16(14)17/h1-4,6-9,17-18H,5,10-12H2,(H,27,28)(H,23,24,25). The number of aromatic nitrogens is 3. The van der Waals surface area contributed by atoms with E-state index in [9.17, 15) is 9.59 Å². The average Bonchev–Trinajstić information content (AvgIpc) is 3.49. The number of carbonyl (C=O) groups excluding carboxylic acids is 1. The maximum atomic E-state index is 12.9. The van der Waals surface area contributed by atoms with Crippen molar-refractivity contribution in [3.8, 4) is 11.1 Å². The number of aromatic carboxylic acids is 1. The molecule has 5 rings (SSSR count). The summed E-state index contributed by atoms with van der Waals surface area (Å²) in [5.41, 5.74) is 4.67. The largest absolute Gasteiger partial charge is 0.475 e. The van der Waals surface area contributed by atoms with Crippen LogP contribution in [0.25, 0.3) is 11.1 Å². The predicted octanol–water partition coefficient (Wildman–Crippen LogP) is 3.59. The minimum absolute atomic E-state index is 0.00806. The van der Waals surface area contributed by atoms with Crippen LogP contribution in [0, 0.1) is 0 Å². The van der Waals surface area contributed by atoms with Gasteiger partial charge in [-0.25, -0.2) is 14.6 Å². The molecule has 1 aliphatic carbocycles. The predicted molar refractivity (Wildman–Crippen MR) is 107 cm³/mol. The quantitative estimate of drug-likeness (QED) is 0.688. The van der Waals surface area contributed by atoms with Gasteiger partial charge in [0.15, 0.2) is 0 Å². The topological polar surface area (TPSA) is 108 Å². The van der Waals surface area contributed by atoms with Crippen LogP contribution in [0.1, 0.15) is 52.4 Å². The van der Waals surface area contributed by atoms with Gasteiger partial charge in [-0.15, -0.1) is 5.10 Å². The summed E-state index contributed by atoms with van der Waals surface area (Å²) >= 11 is 0. The maximum Gasteiger partial charge on any atom is 0.410 e. The Labute approximate surface area is 172 Å². The first kappa shape index (κ1) is 18.4. The molecule has 1 aromatic heterocycles. The number of aromatic amines is 1. The van der Waals surface area contributed by atoms with E-state index in [1.54, 1.807) is 4.90 Å². The van der Waals surface area contributed by atoms with Gasteiger partial charge in [-0.1, -0.05) is 48.5 Å². The van der Waals surface area contributed by atoms with Crippen molar-refractivity contribution in [3.05, 3.63) is 71.3 Å². The number of benzene rings is 2. The van der Waals surface area contributed by atoms with Crippen LogP contribution in [0.2, 0.25) is 0 Å². The van der Waals surface area contributed by atoms with Crippen molar-refractivity contribution in [3.63, 3.8) is 0 Å². The Morgan fingerprint density at radius 3 is 2.40 bits per heavy atom. The molecule has 2 N–H and O–H groups in total. The van der Waals surface area contributed by atoms with Crippen molar-refractivity contribution in [1.29, 1.82) is 0 Å². The van der Waals surface area contributed by atoms with Crippen molar-refractivity contribution < 1.29 is 19.4 Å². The number of carbonyl (C=O) groups is 2. The van der Waals surface area contributed by atoms with Crippen LogP contribution >= 0.6 is 0 Å². The zero-order chi connectivity index (χ0) is 20.7. The molecular weight excluding hydrogens is 384 g/mol. The Morgan fingerprint density at radius 2 is 1.77 bits per heavy atom. The first-order chi connectivity index (χ1) is 14.6. The molecule has 2 heterocycles. The number of H-pyrrole nitrogens is 1. The lowest BCUT2D eigenvalue weighted by Crippen LogP contribution is -2.32. The summed E-state index contributed by atoms with van der Waals surface area (Å²) in [6, 6.07) is 16.0. The number of ether oxygens (including phenoxy) is 1. The van der Waals surface area contributed by atoms with Gasteiger partial charge in [0, 0.05) is 12.5 Å². The number of amides is 1. The van der Waals surface area contributed by atoms with Crippen LogP contribution in [-0.2, 0) is 4.74 Å². The molecule has 152 valence electrons. The smallest absolute Gasteiger partial charge is 0.410 e. The minimum atomic E-state index is -1.21. The second kappa shape index (κ2) is 7.29. The third-order valence-corrected chi connectivity index (χ3v) is 5.83. The maximum absolute atomic E-state index is 12.9. The first-order valence-electron chi connectivity index (χ1n) is 9.90. The van der Waals surface area contributed by atoms with Gasteiger partial charge in [0.25, 0.3) is 5.82 Å². The van der Waals surface area contributed by atoms with E-state index in [4.69, 9.17) is 9.84 Å². The van der Waals surface area contributed by atoms with Crippen LogP contribution < -0.4 is 0 Å². The minimum Gasteiger partial charge on any atom is -0.475 e. The van der Waals surface area contributed by atoms with Crippen LogP contribution in [0.3, 0.4) is 0 Å². The SMILES string of the molecule is O=C(O)c1n[nH]c(C2CCCN2C(=O)OCC2c3ccccc3-c3ccccc32)n1. The van der Waals surface area contributed by atoms with Gasteiger partial charge >= 0.3 is 12.1 Å². The van der Waals surface area contributed by atoms with Crippen molar-refractivity contribution in [2.45, 2.75) is 24.8 Å². The summed E-state index contributed by atoms with van der Waals surface area (Å²) in [4.78, 5) is 29.5. The molecule has 1 saturated heterocycles. The molecule has 1 unspecified atom stereocenters. The molecule has 0 bridgehead atoms. The van der Waals surface area contributed by atoms with Gasteiger partial charge in [-0.3, -0.25) is 10.00 Å². The number of hydrogen-bond acceptors (Lipinski definition) is 5. The summed E-state index contributed by atoms with van der Waals surface area (Å²) in [5.74, 6) is -1.14. The Bertz CT molecular complexity index is 1080. The Morgan fingerprint density at radius 1 is 1.10 bits per heavy atom. The number of nitrogens with one attached hydrogen (secondary N) is 1. The molecule has 0 spiro atoms. The highest BCUT2D eigenvalue weighted by atomic mass is 16.6. The molecule has 1 aliphatic heterocycles. The Kier molecular flexibility index (Phi) is 4.46. The second-order valence-corrected chi connectivity index (χ2v) is 7.50. The third kappa shape index (κ3) is 3.01. The summed E-state index contributed by atoms with van der Waals surface area (Å²) in [6.45, 7) is 0.775. The van der Waals surface area contributed by atoms with Crippen molar-refractivity contribution in [1.82, 2.24) is 20.1 Å². The Balaban J connectivity index is 1.33. The van der Waals surface area contributed by atoms with Gasteiger partial charge in [-0.05, 0) is 35.1 Å². The monoisotopic (exact) mass is 404 g/mol. The average molecular weight is 404 g/mol. The molecule has 8 nitrogen and oxygen atoms in total. The highest BCUT2D eigenvalue weighted by molar-refractivity contribution is 5.83. The number of carboxylic acid groups (broad SMARTS) is 1. The van der Waals surface area contributed by atoms with Crippen LogP contribution in [0.5, 0.6) is 0 Å². The fraction of sp³-hybridized carbons (Fsp3) is 0.273. The molecular formula is C22H20N4O4. The zero-order valence-electron chi connectivity index (χ0n) is 16.1. The van der Waals surface area contributed by atoms with Gasteiger partial charge in [-0.2, -0.15) is 0 Å². The summed E-state index contributed by atoms with van der Waals surface area (Å²) in [6.07, 6.45) is 1.05. The highest BCUT2D eigenvalue weighted by Crippen LogP contribution is 2.44. The highest BCUT2D eigenvalue weighted by Gasteiger charge is 2.35. The summed E-state index contributed by atoms with van der Waals surface area (Å²) < 4.78 is 5.74. The molecule has 3 aromatic rings. The number of fused-ring (bicyclic) bond motifs is 3. The van der Waals surface area contributed by atoms with Crippen molar-refractivity contribution >= 4 is 12.1 Å². The number of carboxylic acids is 1. The molecule has 1 atom stereocenters. The fourth-order valence-electron chi connectivity index (χ4n) is 4.47. The van der Waals surface area contributed by atoms with Gasteiger partial charge < -0.3 is 9.84 Å². The summed E-state index contributed by atoms with van der Waals surface area (Å²) in [7, 11) is 0. The molecule has 2 aromatic carbocycles. The van der Waals surface area contributed by atoms with E-state index in [0.29, 0.717) is 18.8 Å². The summed E-state index contributed by atoms with van der Waals surface area (Å²) in [5, 5.41) is 15.4. The van der Waals surface area contributed by atoms with E-state index in [-0.39, 0.29) is 24.4 Å². The number of nitrogens with zero attached hydrogens (tertiary/aromatic N) is 3. The lowest BCUT2D eigenvalue weighted by Gasteiger charge is -2.23. The lowest BCUT2D eigenvalue weighted by molar-refractivity contribution is 0.0684. The van der Waals surface area contributed by atoms with Gasteiger partial charge in [0.05, 0.1) is 6.04 Å². The molecule has 1 fully saturated rings. The van der Waals surface area contributed by atoms with Crippen molar-refractivity contribution in [2.75, 3.05) is 13.2 Å². The molecule has 2 aliphatic rings. The molecule has 8 heteroatoms. The lowest BCUT2D eigenvalue weighted by atomic mass is 9.98. The molecule has 0 saturated carbocycles. The number of rotatable bonds is 4. The van der Waals surface area contributed by atoms with Crippen LogP contribution in [0.15, 0.2) is 48.5 Å².